The van der Waals surface area contributed by atoms with Gasteiger partial charge in [-0.1, -0.05) is 6.92 Å². The largest absolute Gasteiger partial charge is 0.497 e. The molecule has 2 aromatic rings. The summed E-state index contributed by atoms with van der Waals surface area (Å²) in [5, 5.41) is 0. The predicted molar refractivity (Wildman–Crippen MR) is 119 cm³/mol. The van der Waals surface area contributed by atoms with Gasteiger partial charge in [0.05, 0.1) is 31.0 Å². The van der Waals surface area contributed by atoms with Crippen LogP contribution in [0.3, 0.4) is 0 Å². The number of fused-ring (bicyclic) bond motifs is 1. The molecule has 8 nitrogen and oxygen atoms in total. The number of rotatable bonds is 7. The molecule has 0 saturated carbocycles. The van der Waals surface area contributed by atoms with Crippen LogP contribution in [0.4, 0.5) is 11.4 Å². The standard InChI is InChI=1S/C22H28N2O6S/c1-6-11-24-17-9-7-15(12-18(17)30-14-22(2,3)21(24)25)23-31(26,27)20-10-8-16(28-4)13-19(20)29-5/h7-10,12-13,23H,6,11,14H2,1-5H3. The van der Waals surface area contributed by atoms with Gasteiger partial charge >= 0.3 is 0 Å². The molecule has 168 valence electrons. The van der Waals surface area contributed by atoms with Crippen molar-refractivity contribution in [3.05, 3.63) is 36.4 Å². The van der Waals surface area contributed by atoms with E-state index in [9.17, 15) is 13.2 Å². The normalized spacial score (nSPS) is 15.5. The predicted octanol–water partition coefficient (Wildman–Crippen LogP) is 3.67. The van der Waals surface area contributed by atoms with Crippen molar-refractivity contribution in [3.8, 4) is 17.2 Å². The van der Waals surface area contributed by atoms with Gasteiger partial charge in [-0.2, -0.15) is 0 Å². The summed E-state index contributed by atoms with van der Waals surface area (Å²) >= 11 is 0. The fraction of sp³-hybridized carbons (Fsp3) is 0.409. The van der Waals surface area contributed by atoms with Gasteiger partial charge in [-0.3, -0.25) is 9.52 Å². The second-order valence-electron chi connectivity index (χ2n) is 7.93. The number of anilines is 2. The van der Waals surface area contributed by atoms with Crippen LogP contribution in [0.25, 0.3) is 0 Å². The third-order valence-electron chi connectivity index (χ3n) is 5.02. The first-order chi connectivity index (χ1) is 14.6. The SMILES string of the molecule is CCCN1C(=O)C(C)(C)COc2cc(NS(=O)(=O)c3ccc(OC)cc3OC)ccc21. The molecule has 2 aromatic carbocycles. The van der Waals surface area contributed by atoms with Crippen LogP contribution in [0.15, 0.2) is 41.3 Å². The molecule has 1 aliphatic rings. The van der Waals surface area contributed by atoms with Crippen LogP contribution < -0.4 is 23.8 Å². The Bertz CT molecular complexity index is 1080. The lowest BCUT2D eigenvalue weighted by atomic mass is 9.93. The molecular formula is C22H28N2O6S. The minimum atomic E-state index is -3.94. The van der Waals surface area contributed by atoms with Gasteiger partial charge in [-0.05, 0) is 44.5 Å². The van der Waals surface area contributed by atoms with Crippen LogP contribution in [-0.4, -0.2) is 41.7 Å². The Morgan fingerprint density at radius 3 is 2.52 bits per heavy atom. The highest BCUT2D eigenvalue weighted by atomic mass is 32.2. The molecule has 3 rings (SSSR count). The molecule has 0 fully saturated rings. The molecule has 31 heavy (non-hydrogen) atoms. The minimum absolute atomic E-state index is 0.0180. The van der Waals surface area contributed by atoms with E-state index in [0.29, 0.717) is 29.4 Å². The number of hydrogen-bond acceptors (Lipinski definition) is 6. The summed E-state index contributed by atoms with van der Waals surface area (Å²) in [5.41, 5.74) is 0.257. The molecule has 9 heteroatoms. The van der Waals surface area contributed by atoms with Crippen molar-refractivity contribution in [1.29, 1.82) is 0 Å². The number of carbonyl (C=O) groups is 1. The number of nitrogens with zero attached hydrogens (tertiary/aromatic N) is 1. The highest BCUT2D eigenvalue weighted by Gasteiger charge is 2.37. The fourth-order valence-corrected chi connectivity index (χ4v) is 4.57. The molecule has 0 saturated heterocycles. The lowest BCUT2D eigenvalue weighted by molar-refractivity contribution is -0.127. The molecule has 1 amide bonds. The van der Waals surface area contributed by atoms with E-state index < -0.39 is 15.4 Å². The van der Waals surface area contributed by atoms with Crippen molar-refractivity contribution >= 4 is 27.3 Å². The van der Waals surface area contributed by atoms with Gasteiger partial charge in [-0.25, -0.2) is 8.42 Å². The van der Waals surface area contributed by atoms with Crippen LogP contribution in [0.5, 0.6) is 17.2 Å². The summed E-state index contributed by atoms with van der Waals surface area (Å²) in [6, 6.07) is 9.39. The zero-order valence-electron chi connectivity index (χ0n) is 18.4. The zero-order chi connectivity index (χ0) is 22.8. The number of nitrogens with one attached hydrogen (secondary N) is 1. The third-order valence-corrected chi connectivity index (χ3v) is 6.44. The number of sulfonamides is 1. The molecule has 0 atom stereocenters. The summed E-state index contributed by atoms with van der Waals surface area (Å²) in [6.45, 7) is 6.41. The maximum Gasteiger partial charge on any atom is 0.265 e. The van der Waals surface area contributed by atoms with Crippen molar-refractivity contribution in [1.82, 2.24) is 0 Å². The third kappa shape index (κ3) is 4.56. The van der Waals surface area contributed by atoms with E-state index in [4.69, 9.17) is 14.2 Å². The number of amides is 1. The van der Waals surface area contributed by atoms with Gasteiger partial charge in [-0.15, -0.1) is 0 Å². The molecule has 0 bridgehead atoms. The quantitative estimate of drug-likeness (QED) is 0.695. The Morgan fingerprint density at radius 2 is 1.87 bits per heavy atom. The highest BCUT2D eigenvalue weighted by molar-refractivity contribution is 7.92. The van der Waals surface area contributed by atoms with Crippen LogP contribution in [0, 0.1) is 5.41 Å². The molecule has 1 heterocycles. The van der Waals surface area contributed by atoms with Crippen molar-refractivity contribution in [2.75, 3.05) is 37.0 Å². The summed E-state index contributed by atoms with van der Waals surface area (Å²) in [6.07, 6.45) is 0.785. The fourth-order valence-electron chi connectivity index (χ4n) is 3.36. The molecule has 0 aliphatic carbocycles. The van der Waals surface area contributed by atoms with E-state index in [1.807, 2.05) is 20.8 Å². The highest BCUT2D eigenvalue weighted by Crippen LogP contribution is 2.39. The Morgan fingerprint density at radius 1 is 1.13 bits per heavy atom. The van der Waals surface area contributed by atoms with E-state index in [0.717, 1.165) is 6.42 Å². The first-order valence-electron chi connectivity index (χ1n) is 9.96. The molecule has 0 aromatic heterocycles. The second-order valence-corrected chi connectivity index (χ2v) is 9.58. The Balaban J connectivity index is 1.96. The average Bonchev–Trinajstić information content (AvgIpc) is 2.83. The smallest absolute Gasteiger partial charge is 0.265 e. The Kier molecular flexibility index (Phi) is 6.35. The molecule has 0 spiro atoms. The number of methoxy groups -OCH3 is 2. The van der Waals surface area contributed by atoms with Crippen LogP contribution in [0.1, 0.15) is 27.2 Å². The first-order valence-corrected chi connectivity index (χ1v) is 11.4. The number of carbonyl (C=O) groups excluding carboxylic acids is 1. The molecule has 1 N–H and O–H groups in total. The van der Waals surface area contributed by atoms with Gasteiger partial charge in [0.25, 0.3) is 10.0 Å². The van der Waals surface area contributed by atoms with E-state index in [1.165, 1.54) is 26.4 Å². The zero-order valence-corrected chi connectivity index (χ0v) is 19.2. The Labute approximate surface area is 183 Å². The van der Waals surface area contributed by atoms with Crippen LogP contribution >= 0.6 is 0 Å². The number of hydrogen-bond donors (Lipinski definition) is 1. The number of ether oxygens (including phenoxy) is 3. The van der Waals surface area contributed by atoms with Crippen LogP contribution in [0.2, 0.25) is 0 Å². The maximum absolute atomic E-state index is 13.0. The monoisotopic (exact) mass is 448 g/mol. The molecule has 0 radical (unpaired) electrons. The lowest BCUT2D eigenvalue weighted by Gasteiger charge is -2.27. The van der Waals surface area contributed by atoms with Gasteiger partial charge in [0.15, 0.2) is 0 Å². The molecular weight excluding hydrogens is 420 g/mol. The average molecular weight is 449 g/mol. The van der Waals surface area contributed by atoms with E-state index in [-0.39, 0.29) is 23.2 Å². The summed E-state index contributed by atoms with van der Waals surface area (Å²) in [5.74, 6) is 1.08. The lowest BCUT2D eigenvalue weighted by Crippen LogP contribution is -2.42. The second kappa shape index (κ2) is 8.66. The Hall–Kier alpha value is -2.94. The summed E-state index contributed by atoms with van der Waals surface area (Å²) in [4.78, 5) is 14.6. The molecule has 1 aliphatic heterocycles. The molecule has 0 unspecified atom stereocenters. The van der Waals surface area contributed by atoms with E-state index >= 15 is 0 Å². The van der Waals surface area contributed by atoms with Gasteiger partial charge in [0, 0.05) is 18.7 Å². The topological polar surface area (TPSA) is 94.2 Å². The van der Waals surface area contributed by atoms with Gasteiger partial charge in [0.2, 0.25) is 5.91 Å². The number of benzene rings is 2. The van der Waals surface area contributed by atoms with E-state index in [2.05, 4.69) is 4.72 Å². The van der Waals surface area contributed by atoms with Crippen molar-refractivity contribution in [3.63, 3.8) is 0 Å². The van der Waals surface area contributed by atoms with Crippen molar-refractivity contribution < 1.29 is 27.4 Å². The van der Waals surface area contributed by atoms with Gasteiger partial charge in [0.1, 0.15) is 28.8 Å². The van der Waals surface area contributed by atoms with E-state index in [1.54, 1.807) is 29.2 Å². The van der Waals surface area contributed by atoms with Crippen molar-refractivity contribution in [2.24, 2.45) is 5.41 Å². The van der Waals surface area contributed by atoms with Crippen LogP contribution in [-0.2, 0) is 14.8 Å². The summed E-state index contributed by atoms with van der Waals surface area (Å²) in [7, 11) is -1.06. The first kappa shape index (κ1) is 22.7. The summed E-state index contributed by atoms with van der Waals surface area (Å²) < 4.78 is 44.8. The maximum atomic E-state index is 13.0. The van der Waals surface area contributed by atoms with Gasteiger partial charge < -0.3 is 19.1 Å². The van der Waals surface area contributed by atoms with Crippen molar-refractivity contribution in [2.45, 2.75) is 32.1 Å². The minimum Gasteiger partial charge on any atom is -0.497 e.